The van der Waals surface area contributed by atoms with Crippen LogP contribution in [-0.2, 0) is 22.9 Å². The third-order valence-electron chi connectivity index (χ3n) is 4.35. The molecule has 2 heterocycles. The highest BCUT2D eigenvalue weighted by Crippen LogP contribution is 2.32. The number of rotatable bonds is 4. The number of furan rings is 1. The van der Waals surface area contributed by atoms with E-state index in [0.29, 0.717) is 10.8 Å². The van der Waals surface area contributed by atoms with Gasteiger partial charge in [0, 0.05) is 10.4 Å². The van der Waals surface area contributed by atoms with E-state index in [4.69, 9.17) is 4.42 Å². The summed E-state index contributed by atoms with van der Waals surface area (Å²) in [6.45, 7) is 7.27. The van der Waals surface area contributed by atoms with Crippen LogP contribution in [0.15, 0.2) is 27.7 Å². The maximum Gasteiger partial charge on any atom is 0.305 e. The predicted molar refractivity (Wildman–Crippen MR) is 109 cm³/mol. The fourth-order valence-corrected chi connectivity index (χ4v) is 5.55. The summed E-state index contributed by atoms with van der Waals surface area (Å²) in [6, 6.07) is 4.30. The summed E-state index contributed by atoms with van der Waals surface area (Å²) in [5, 5.41) is -0.371. The van der Waals surface area contributed by atoms with Gasteiger partial charge in [0.2, 0.25) is 5.09 Å². The number of carbonyl (C=O) groups excluding carboxylic acids is 2. The number of hydrazine groups is 1. The second-order valence-electron chi connectivity index (χ2n) is 8.29. The molecule has 1 aliphatic carbocycles. The van der Waals surface area contributed by atoms with Gasteiger partial charge in [0.1, 0.15) is 0 Å². The van der Waals surface area contributed by atoms with Gasteiger partial charge in [-0.05, 0) is 69.7 Å². The first-order valence-corrected chi connectivity index (χ1v) is 11.6. The Bertz CT molecular complexity index is 1030. The summed E-state index contributed by atoms with van der Waals surface area (Å²) in [5.74, 6) is -0.784. The number of amides is 2. The second kappa shape index (κ2) is 7.92. The van der Waals surface area contributed by atoms with E-state index in [-0.39, 0.29) is 10.9 Å². The Morgan fingerprint density at radius 2 is 1.86 bits per heavy atom. The van der Waals surface area contributed by atoms with E-state index in [9.17, 15) is 18.0 Å². The van der Waals surface area contributed by atoms with Crippen LogP contribution in [0.4, 0.5) is 0 Å². The van der Waals surface area contributed by atoms with Gasteiger partial charge in [-0.25, -0.2) is 13.1 Å². The van der Waals surface area contributed by atoms with Crippen LogP contribution in [0.3, 0.4) is 0 Å². The topological polar surface area (TPSA) is 118 Å². The molecule has 2 amide bonds. The molecule has 0 aromatic carbocycles. The number of fused-ring (bicyclic) bond motifs is 1. The Kier molecular flexibility index (Phi) is 5.88. The summed E-state index contributed by atoms with van der Waals surface area (Å²) in [4.78, 5) is 26.3. The highest BCUT2D eigenvalue weighted by Gasteiger charge is 2.26. The van der Waals surface area contributed by atoms with Crippen LogP contribution in [0.2, 0.25) is 0 Å². The third-order valence-corrected chi connectivity index (χ3v) is 7.22. The van der Waals surface area contributed by atoms with Gasteiger partial charge in [-0.3, -0.25) is 20.4 Å². The van der Waals surface area contributed by atoms with Gasteiger partial charge in [0.15, 0.2) is 5.76 Å². The molecule has 0 saturated carbocycles. The van der Waals surface area contributed by atoms with Gasteiger partial charge in [-0.2, -0.15) is 0 Å². The Labute approximate surface area is 174 Å². The molecule has 2 aromatic rings. The van der Waals surface area contributed by atoms with Crippen molar-refractivity contribution in [2.45, 2.75) is 57.6 Å². The maximum absolute atomic E-state index is 12.3. The maximum atomic E-state index is 12.3. The molecule has 3 rings (SSSR count). The van der Waals surface area contributed by atoms with E-state index in [2.05, 4.69) is 22.5 Å². The molecule has 0 radical (unpaired) electrons. The van der Waals surface area contributed by atoms with Crippen molar-refractivity contribution in [2.75, 3.05) is 0 Å². The molecule has 1 aliphatic rings. The molecular formula is C19H25N3O5S2. The van der Waals surface area contributed by atoms with Crippen LogP contribution in [0.25, 0.3) is 0 Å². The fraction of sp³-hybridized carbons (Fsp3) is 0.474. The van der Waals surface area contributed by atoms with E-state index in [1.807, 2.05) is 6.07 Å². The van der Waals surface area contributed by atoms with E-state index in [1.54, 1.807) is 20.8 Å². The first kappa shape index (κ1) is 21.5. The minimum Gasteiger partial charge on any atom is -0.438 e. The standard InChI is InChI=1S/C19H25N3O5S2/c1-11-5-7-14-12(9-11)10-15(28-14)18(24)21-20-17(23)13-6-8-16(27-13)29(25,26)22-19(2,3)4/h6,8,10-11,22H,5,7,9H2,1-4H3,(H,20,23)(H,21,24). The van der Waals surface area contributed by atoms with Crippen molar-refractivity contribution >= 4 is 33.2 Å². The van der Waals surface area contributed by atoms with Gasteiger partial charge in [-0.1, -0.05) is 6.92 Å². The quantitative estimate of drug-likeness (QED) is 0.633. The minimum atomic E-state index is -3.89. The lowest BCUT2D eigenvalue weighted by molar-refractivity contribution is 0.0829. The zero-order chi connectivity index (χ0) is 21.4. The van der Waals surface area contributed by atoms with Crippen molar-refractivity contribution in [1.82, 2.24) is 15.6 Å². The molecule has 158 valence electrons. The Balaban J connectivity index is 1.62. The molecule has 2 aromatic heterocycles. The number of thiophene rings is 1. The minimum absolute atomic E-state index is 0.223. The van der Waals surface area contributed by atoms with Crippen LogP contribution < -0.4 is 15.6 Å². The Hall–Kier alpha value is -2.17. The summed E-state index contributed by atoms with van der Waals surface area (Å²) >= 11 is 1.43. The van der Waals surface area contributed by atoms with Gasteiger partial charge in [-0.15, -0.1) is 11.3 Å². The predicted octanol–water partition coefficient (Wildman–Crippen LogP) is 2.62. The molecule has 1 unspecified atom stereocenters. The second-order valence-corrected chi connectivity index (χ2v) is 11.0. The molecule has 0 spiro atoms. The largest absolute Gasteiger partial charge is 0.438 e. The number of nitrogens with one attached hydrogen (secondary N) is 3. The van der Waals surface area contributed by atoms with E-state index < -0.39 is 27.4 Å². The summed E-state index contributed by atoms with van der Waals surface area (Å²) < 4.78 is 32.1. The lowest BCUT2D eigenvalue weighted by atomic mass is 9.90. The number of carbonyl (C=O) groups is 2. The molecular weight excluding hydrogens is 414 g/mol. The zero-order valence-electron chi connectivity index (χ0n) is 16.8. The Morgan fingerprint density at radius 1 is 1.17 bits per heavy atom. The van der Waals surface area contributed by atoms with Crippen LogP contribution in [0, 0.1) is 5.92 Å². The molecule has 29 heavy (non-hydrogen) atoms. The Morgan fingerprint density at radius 3 is 2.55 bits per heavy atom. The van der Waals surface area contributed by atoms with Gasteiger partial charge in [0.25, 0.3) is 15.9 Å². The number of hydrogen-bond donors (Lipinski definition) is 3. The molecule has 1 atom stereocenters. The summed E-state index contributed by atoms with van der Waals surface area (Å²) in [6.07, 6.45) is 3.03. The molecule has 8 nitrogen and oxygen atoms in total. The summed E-state index contributed by atoms with van der Waals surface area (Å²) in [7, 11) is -3.89. The highest BCUT2D eigenvalue weighted by molar-refractivity contribution is 7.89. The average molecular weight is 440 g/mol. The lowest BCUT2D eigenvalue weighted by Crippen LogP contribution is -2.41. The van der Waals surface area contributed by atoms with Gasteiger partial charge in [0.05, 0.1) is 4.88 Å². The molecule has 0 bridgehead atoms. The monoisotopic (exact) mass is 439 g/mol. The zero-order valence-corrected chi connectivity index (χ0v) is 18.4. The van der Waals surface area contributed by atoms with Crippen molar-refractivity contribution < 1.29 is 22.4 Å². The number of aryl methyl sites for hydroxylation is 1. The first-order chi connectivity index (χ1) is 13.4. The SMILES string of the molecule is CC1CCc2sc(C(=O)NNC(=O)c3ccc(S(=O)(=O)NC(C)(C)C)o3)cc2C1. The van der Waals surface area contributed by atoms with Gasteiger partial charge < -0.3 is 4.42 Å². The van der Waals surface area contributed by atoms with Crippen molar-refractivity contribution in [3.05, 3.63) is 39.3 Å². The summed E-state index contributed by atoms with van der Waals surface area (Å²) in [5.41, 5.74) is 5.11. The smallest absolute Gasteiger partial charge is 0.305 e. The first-order valence-electron chi connectivity index (χ1n) is 9.31. The van der Waals surface area contributed by atoms with Crippen LogP contribution in [0.1, 0.15) is 64.8 Å². The molecule has 10 heteroatoms. The molecule has 0 aliphatic heterocycles. The molecule has 3 N–H and O–H groups in total. The fourth-order valence-electron chi connectivity index (χ4n) is 3.09. The van der Waals surface area contributed by atoms with E-state index in [0.717, 1.165) is 19.3 Å². The number of hydrogen-bond acceptors (Lipinski definition) is 6. The number of sulfonamides is 1. The van der Waals surface area contributed by atoms with E-state index >= 15 is 0 Å². The van der Waals surface area contributed by atoms with Crippen LogP contribution in [-0.4, -0.2) is 25.8 Å². The average Bonchev–Trinajstić information content (AvgIpc) is 3.24. The molecule has 0 fully saturated rings. The van der Waals surface area contributed by atoms with Crippen molar-refractivity contribution in [3.63, 3.8) is 0 Å². The van der Waals surface area contributed by atoms with Crippen molar-refractivity contribution in [3.8, 4) is 0 Å². The highest BCUT2D eigenvalue weighted by atomic mass is 32.2. The normalized spacial score (nSPS) is 16.9. The van der Waals surface area contributed by atoms with Crippen LogP contribution in [0.5, 0.6) is 0 Å². The van der Waals surface area contributed by atoms with Crippen LogP contribution >= 0.6 is 11.3 Å². The van der Waals surface area contributed by atoms with Crippen molar-refractivity contribution in [2.24, 2.45) is 5.92 Å². The van der Waals surface area contributed by atoms with Gasteiger partial charge >= 0.3 is 5.91 Å². The van der Waals surface area contributed by atoms with E-state index in [1.165, 1.54) is 33.9 Å². The third kappa shape index (κ3) is 5.26. The molecule has 0 saturated heterocycles. The lowest BCUT2D eigenvalue weighted by Gasteiger charge is -2.18. The van der Waals surface area contributed by atoms with Crippen molar-refractivity contribution in [1.29, 1.82) is 0 Å².